The van der Waals surface area contributed by atoms with Crippen molar-refractivity contribution >= 4 is 5.91 Å². The number of aromatic nitrogens is 2. The molecule has 1 aromatic heterocycles. The summed E-state index contributed by atoms with van der Waals surface area (Å²) in [5.41, 5.74) is 5.37. The average molecular weight is 393 g/mol. The Hall–Kier alpha value is -3.12. The summed E-state index contributed by atoms with van der Waals surface area (Å²) in [6.07, 6.45) is 1.77. The molecule has 29 heavy (non-hydrogen) atoms. The van der Waals surface area contributed by atoms with E-state index >= 15 is 0 Å². The van der Waals surface area contributed by atoms with Crippen molar-refractivity contribution in [2.75, 3.05) is 20.7 Å². The summed E-state index contributed by atoms with van der Waals surface area (Å²) < 4.78 is 7.65. The molecular weight excluding hydrogens is 364 g/mol. The molecule has 0 aliphatic heterocycles. The first-order chi connectivity index (χ1) is 13.9. The molecule has 152 valence electrons. The van der Waals surface area contributed by atoms with Crippen LogP contribution in [0, 0.1) is 6.92 Å². The maximum atomic E-state index is 12.3. The van der Waals surface area contributed by atoms with E-state index in [0.29, 0.717) is 6.54 Å². The fourth-order valence-corrected chi connectivity index (χ4v) is 3.10. The Morgan fingerprint density at radius 2 is 1.86 bits per heavy atom. The molecule has 0 bridgehead atoms. The number of benzene rings is 2. The highest BCUT2D eigenvalue weighted by Crippen LogP contribution is 2.27. The highest BCUT2D eigenvalue weighted by atomic mass is 16.5. The lowest BCUT2D eigenvalue weighted by atomic mass is 10.0. The molecule has 0 unspecified atom stereocenters. The van der Waals surface area contributed by atoms with Crippen LogP contribution in [0.2, 0.25) is 0 Å². The number of nitrogens with zero attached hydrogens (tertiary/aromatic N) is 3. The van der Waals surface area contributed by atoms with E-state index in [1.165, 1.54) is 0 Å². The van der Waals surface area contributed by atoms with Crippen molar-refractivity contribution in [2.24, 2.45) is 7.05 Å². The molecule has 0 fully saturated rings. The van der Waals surface area contributed by atoms with E-state index in [2.05, 4.69) is 33.5 Å². The summed E-state index contributed by atoms with van der Waals surface area (Å²) in [6, 6.07) is 16.3. The molecule has 0 aliphatic rings. The zero-order valence-electron chi connectivity index (χ0n) is 17.5. The molecular formula is C23H28N4O2. The first-order valence-electron chi connectivity index (χ1n) is 9.64. The Balaban J connectivity index is 1.66. The largest absolute Gasteiger partial charge is 0.483 e. The van der Waals surface area contributed by atoms with Gasteiger partial charge in [-0.2, -0.15) is 5.10 Å². The molecule has 1 amide bonds. The number of amides is 1. The van der Waals surface area contributed by atoms with Crippen LogP contribution < -0.4 is 10.1 Å². The van der Waals surface area contributed by atoms with Crippen LogP contribution in [-0.4, -0.2) is 41.3 Å². The third-order valence-corrected chi connectivity index (χ3v) is 4.83. The Morgan fingerprint density at radius 3 is 2.52 bits per heavy atom. The molecule has 3 rings (SSSR count). The summed E-state index contributed by atoms with van der Waals surface area (Å²) >= 11 is 0. The maximum absolute atomic E-state index is 12.3. The first-order valence-corrected chi connectivity index (χ1v) is 9.64. The van der Waals surface area contributed by atoms with E-state index in [9.17, 15) is 4.79 Å². The first kappa shape index (κ1) is 20.6. The second-order valence-electron chi connectivity index (χ2n) is 7.37. The van der Waals surface area contributed by atoms with Crippen molar-refractivity contribution in [3.8, 4) is 16.9 Å². The van der Waals surface area contributed by atoms with Crippen LogP contribution >= 0.6 is 0 Å². The fraction of sp³-hybridized carbons (Fsp3) is 0.304. The molecule has 3 aromatic rings. The van der Waals surface area contributed by atoms with E-state index in [-0.39, 0.29) is 12.5 Å². The van der Waals surface area contributed by atoms with Crippen molar-refractivity contribution < 1.29 is 9.53 Å². The van der Waals surface area contributed by atoms with Crippen LogP contribution in [0.25, 0.3) is 11.1 Å². The van der Waals surface area contributed by atoms with Gasteiger partial charge in [0.05, 0.1) is 6.20 Å². The molecule has 0 aliphatic carbocycles. The third kappa shape index (κ3) is 5.45. The van der Waals surface area contributed by atoms with Gasteiger partial charge in [0.25, 0.3) is 5.91 Å². The molecule has 1 N–H and O–H groups in total. The van der Waals surface area contributed by atoms with E-state index in [0.717, 1.165) is 40.2 Å². The third-order valence-electron chi connectivity index (χ3n) is 4.83. The molecule has 6 nitrogen and oxygen atoms in total. The number of hydrogen-bond donors (Lipinski definition) is 1. The van der Waals surface area contributed by atoms with Crippen molar-refractivity contribution in [3.63, 3.8) is 0 Å². The number of carbonyl (C=O) groups excluding carboxylic acids is 1. The standard InChI is InChI=1S/C23H28N4O2/c1-17-21(14-25-27(17)4)13-24-23(28)16-29-22-11-10-19(12-20(22)15-26(2)3)18-8-6-5-7-9-18/h5-12,14H,13,15-16H2,1-4H3,(H,24,28). The van der Waals surface area contributed by atoms with Crippen molar-refractivity contribution in [1.29, 1.82) is 0 Å². The van der Waals surface area contributed by atoms with Crippen LogP contribution in [0.3, 0.4) is 0 Å². The molecule has 0 saturated heterocycles. The zero-order valence-corrected chi connectivity index (χ0v) is 17.5. The summed E-state index contributed by atoms with van der Waals surface area (Å²) in [4.78, 5) is 14.3. The highest BCUT2D eigenvalue weighted by Gasteiger charge is 2.11. The van der Waals surface area contributed by atoms with Crippen LogP contribution in [-0.2, 0) is 24.9 Å². The topological polar surface area (TPSA) is 59.4 Å². The van der Waals surface area contributed by atoms with Crippen LogP contribution in [0.15, 0.2) is 54.7 Å². The Bertz CT molecular complexity index is 964. The zero-order chi connectivity index (χ0) is 20.8. The Kier molecular flexibility index (Phi) is 6.67. The van der Waals surface area contributed by atoms with E-state index < -0.39 is 0 Å². The van der Waals surface area contributed by atoms with Gasteiger partial charge in [-0.1, -0.05) is 36.4 Å². The molecule has 6 heteroatoms. The highest BCUT2D eigenvalue weighted by molar-refractivity contribution is 5.77. The van der Waals surface area contributed by atoms with Gasteiger partial charge in [0.1, 0.15) is 5.75 Å². The number of carbonyl (C=O) groups is 1. The second kappa shape index (κ2) is 9.39. The Labute approximate surface area is 172 Å². The minimum Gasteiger partial charge on any atom is -0.483 e. The number of aryl methyl sites for hydroxylation is 1. The molecule has 0 spiro atoms. The smallest absolute Gasteiger partial charge is 0.258 e. The van der Waals surface area contributed by atoms with Gasteiger partial charge in [0.2, 0.25) is 0 Å². The summed E-state index contributed by atoms with van der Waals surface area (Å²) in [5.74, 6) is 0.572. The molecule has 1 heterocycles. The lowest BCUT2D eigenvalue weighted by Crippen LogP contribution is -2.28. The number of hydrogen-bond acceptors (Lipinski definition) is 4. The normalized spacial score (nSPS) is 10.9. The fourth-order valence-electron chi connectivity index (χ4n) is 3.10. The maximum Gasteiger partial charge on any atom is 0.258 e. The van der Waals surface area contributed by atoms with Gasteiger partial charge < -0.3 is 15.0 Å². The summed E-state index contributed by atoms with van der Waals surface area (Å²) in [5, 5.41) is 7.08. The lowest BCUT2D eigenvalue weighted by molar-refractivity contribution is -0.123. The second-order valence-corrected chi connectivity index (χ2v) is 7.37. The summed E-state index contributed by atoms with van der Waals surface area (Å²) in [6.45, 7) is 3.13. The molecule has 0 atom stereocenters. The number of nitrogens with one attached hydrogen (secondary N) is 1. The summed E-state index contributed by atoms with van der Waals surface area (Å²) in [7, 11) is 5.92. The quantitative estimate of drug-likeness (QED) is 0.640. The lowest BCUT2D eigenvalue weighted by Gasteiger charge is -2.16. The number of ether oxygens (including phenoxy) is 1. The Morgan fingerprint density at radius 1 is 1.10 bits per heavy atom. The van der Waals surface area contributed by atoms with Crippen molar-refractivity contribution in [3.05, 3.63) is 71.5 Å². The minimum atomic E-state index is -0.156. The van der Waals surface area contributed by atoms with Gasteiger partial charge in [-0.3, -0.25) is 9.48 Å². The van der Waals surface area contributed by atoms with Crippen LogP contribution in [0.1, 0.15) is 16.8 Å². The molecule has 0 radical (unpaired) electrons. The van der Waals surface area contributed by atoms with Crippen LogP contribution in [0.5, 0.6) is 5.75 Å². The van der Waals surface area contributed by atoms with Gasteiger partial charge >= 0.3 is 0 Å². The van der Waals surface area contributed by atoms with E-state index in [1.54, 1.807) is 10.9 Å². The van der Waals surface area contributed by atoms with E-state index in [1.807, 2.05) is 58.4 Å². The van der Waals surface area contributed by atoms with Gasteiger partial charge in [-0.05, 0) is 44.3 Å². The predicted octanol–water partition coefficient (Wildman–Crippen LogP) is 3.15. The van der Waals surface area contributed by atoms with E-state index in [4.69, 9.17) is 4.74 Å². The van der Waals surface area contributed by atoms with Crippen LogP contribution in [0.4, 0.5) is 0 Å². The van der Waals surface area contributed by atoms with Gasteiger partial charge in [0.15, 0.2) is 6.61 Å². The number of rotatable bonds is 8. The predicted molar refractivity (Wildman–Crippen MR) is 115 cm³/mol. The van der Waals surface area contributed by atoms with Crippen molar-refractivity contribution in [1.82, 2.24) is 20.0 Å². The monoisotopic (exact) mass is 392 g/mol. The average Bonchev–Trinajstić information content (AvgIpc) is 3.03. The van der Waals surface area contributed by atoms with Gasteiger partial charge in [0, 0.05) is 37.0 Å². The SMILES string of the molecule is Cc1c(CNC(=O)COc2ccc(-c3ccccc3)cc2CN(C)C)cnn1C. The molecule has 2 aromatic carbocycles. The molecule has 0 saturated carbocycles. The van der Waals surface area contributed by atoms with Gasteiger partial charge in [-0.25, -0.2) is 0 Å². The van der Waals surface area contributed by atoms with Gasteiger partial charge in [-0.15, -0.1) is 0 Å². The van der Waals surface area contributed by atoms with Crippen molar-refractivity contribution in [2.45, 2.75) is 20.0 Å². The minimum absolute atomic E-state index is 0.0234.